The largest absolute Gasteiger partial charge is 0.497 e. The van der Waals surface area contributed by atoms with Crippen LogP contribution in [0.3, 0.4) is 0 Å². The Morgan fingerprint density at radius 2 is 2.04 bits per heavy atom. The van der Waals surface area contributed by atoms with Crippen LogP contribution in [0, 0.1) is 5.92 Å². The van der Waals surface area contributed by atoms with Gasteiger partial charge in [0.05, 0.1) is 32.3 Å². The van der Waals surface area contributed by atoms with E-state index >= 15 is 0 Å². The van der Waals surface area contributed by atoms with Gasteiger partial charge in [-0.2, -0.15) is 0 Å². The molecular formula is C17H25N3O3. The van der Waals surface area contributed by atoms with Crippen molar-refractivity contribution in [2.75, 3.05) is 53.0 Å². The standard InChI is InChI=1S/C17H25N3O3/c1-22-15-4-2-13(3-5-15)16(20-6-8-23-9-7-20)12-19-17(21)14-10-18-11-14/h2-5,14,16,18H,6-12H2,1H3,(H,19,21). The maximum absolute atomic E-state index is 12.1. The van der Waals surface area contributed by atoms with E-state index in [2.05, 4.69) is 27.7 Å². The van der Waals surface area contributed by atoms with Crippen molar-refractivity contribution in [1.29, 1.82) is 0 Å². The van der Waals surface area contributed by atoms with E-state index in [1.807, 2.05) is 12.1 Å². The van der Waals surface area contributed by atoms with Crippen molar-refractivity contribution < 1.29 is 14.3 Å². The highest BCUT2D eigenvalue weighted by Gasteiger charge is 2.27. The summed E-state index contributed by atoms with van der Waals surface area (Å²) in [7, 11) is 1.67. The molecule has 0 radical (unpaired) electrons. The molecule has 126 valence electrons. The zero-order chi connectivity index (χ0) is 16.1. The number of methoxy groups -OCH3 is 1. The van der Waals surface area contributed by atoms with Gasteiger partial charge in [0.15, 0.2) is 0 Å². The van der Waals surface area contributed by atoms with Gasteiger partial charge < -0.3 is 20.1 Å². The van der Waals surface area contributed by atoms with Crippen LogP contribution in [-0.2, 0) is 9.53 Å². The van der Waals surface area contributed by atoms with E-state index in [0.717, 1.165) is 45.1 Å². The van der Waals surface area contributed by atoms with Crippen LogP contribution in [0.5, 0.6) is 5.75 Å². The highest BCUT2D eigenvalue weighted by molar-refractivity contribution is 5.80. The minimum atomic E-state index is 0.121. The third-order valence-corrected chi connectivity index (χ3v) is 4.61. The molecule has 2 aliphatic rings. The second-order valence-corrected chi connectivity index (χ2v) is 6.04. The third kappa shape index (κ3) is 4.02. The number of benzene rings is 1. The van der Waals surface area contributed by atoms with Crippen LogP contribution >= 0.6 is 0 Å². The predicted molar refractivity (Wildman–Crippen MR) is 87.5 cm³/mol. The van der Waals surface area contributed by atoms with Crippen LogP contribution in [0.1, 0.15) is 11.6 Å². The summed E-state index contributed by atoms with van der Waals surface area (Å²) >= 11 is 0. The maximum atomic E-state index is 12.1. The minimum absolute atomic E-state index is 0.121. The highest BCUT2D eigenvalue weighted by Crippen LogP contribution is 2.23. The number of rotatable bonds is 6. The number of hydrogen-bond acceptors (Lipinski definition) is 5. The molecule has 2 saturated heterocycles. The van der Waals surface area contributed by atoms with E-state index in [1.165, 1.54) is 5.56 Å². The lowest BCUT2D eigenvalue weighted by Crippen LogP contribution is -2.52. The van der Waals surface area contributed by atoms with Gasteiger partial charge in [0.25, 0.3) is 0 Å². The summed E-state index contributed by atoms with van der Waals surface area (Å²) in [5.74, 6) is 1.12. The molecule has 1 atom stereocenters. The molecule has 3 rings (SSSR count). The first-order chi connectivity index (χ1) is 11.3. The molecule has 0 aliphatic carbocycles. The summed E-state index contributed by atoms with van der Waals surface area (Å²) in [6, 6.07) is 8.27. The van der Waals surface area contributed by atoms with Gasteiger partial charge in [-0.15, -0.1) is 0 Å². The molecule has 0 saturated carbocycles. The van der Waals surface area contributed by atoms with Crippen molar-refractivity contribution in [3.63, 3.8) is 0 Å². The van der Waals surface area contributed by atoms with E-state index in [4.69, 9.17) is 9.47 Å². The fourth-order valence-corrected chi connectivity index (χ4v) is 2.99. The normalized spacial score (nSPS) is 20.6. The summed E-state index contributed by atoms with van der Waals surface area (Å²) < 4.78 is 10.7. The smallest absolute Gasteiger partial charge is 0.225 e. The topological polar surface area (TPSA) is 62.8 Å². The zero-order valence-electron chi connectivity index (χ0n) is 13.6. The molecule has 23 heavy (non-hydrogen) atoms. The summed E-state index contributed by atoms with van der Waals surface area (Å²) in [6.07, 6.45) is 0. The Labute approximate surface area is 137 Å². The van der Waals surface area contributed by atoms with E-state index < -0.39 is 0 Å². The number of amides is 1. The zero-order valence-corrected chi connectivity index (χ0v) is 13.6. The molecule has 1 aromatic rings. The van der Waals surface area contributed by atoms with E-state index in [0.29, 0.717) is 6.54 Å². The third-order valence-electron chi connectivity index (χ3n) is 4.61. The summed E-state index contributed by atoms with van der Waals surface area (Å²) in [5, 5.41) is 6.25. The van der Waals surface area contributed by atoms with E-state index in [1.54, 1.807) is 7.11 Å². The van der Waals surface area contributed by atoms with Crippen LogP contribution in [0.15, 0.2) is 24.3 Å². The van der Waals surface area contributed by atoms with Crippen LogP contribution in [0.4, 0.5) is 0 Å². The lowest BCUT2D eigenvalue weighted by molar-refractivity contribution is -0.126. The van der Waals surface area contributed by atoms with Gasteiger partial charge in [-0.25, -0.2) is 0 Å². The van der Waals surface area contributed by atoms with Crippen LogP contribution in [0.2, 0.25) is 0 Å². The van der Waals surface area contributed by atoms with Crippen molar-refractivity contribution >= 4 is 5.91 Å². The maximum Gasteiger partial charge on any atom is 0.225 e. The first-order valence-electron chi connectivity index (χ1n) is 8.22. The summed E-state index contributed by atoms with van der Waals surface area (Å²) in [6.45, 7) is 5.46. The van der Waals surface area contributed by atoms with Crippen LogP contribution in [0.25, 0.3) is 0 Å². The average molecular weight is 319 g/mol. The number of carbonyl (C=O) groups excluding carboxylic acids is 1. The number of nitrogens with zero attached hydrogens (tertiary/aromatic N) is 1. The van der Waals surface area contributed by atoms with Gasteiger partial charge in [-0.3, -0.25) is 9.69 Å². The molecule has 2 aliphatic heterocycles. The van der Waals surface area contributed by atoms with Gasteiger partial charge in [0, 0.05) is 32.7 Å². The second-order valence-electron chi connectivity index (χ2n) is 6.04. The average Bonchev–Trinajstić information content (AvgIpc) is 2.55. The van der Waals surface area contributed by atoms with Gasteiger partial charge >= 0.3 is 0 Å². The molecule has 6 heteroatoms. The molecule has 0 aromatic heterocycles. The number of ether oxygens (including phenoxy) is 2. The van der Waals surface area contributed by atoms with E-state index in [9.17, 15) is 4.79 Å². The Kier molecular flexibility index (Phi) is 5.48. The molecule has 1 amide bonds. The van der Waals surface area contributed by atoms with Crippen molar-refractivity contribution in [2.45, 2.75) is 6.04 Å². The molecule has 2 N–H and O–H groups in total. The highest BCUT2D eigenvalue weighted by atomic mass is 16.5. The van der Waals surface area contributed by atoms with Crippen molar-refractivity contribution in [3.8, 4) is 5.75 Å². The summed E-state index contributed by atoms with van der Waals surface area (Å²) in [4.78, 5) is 14.5. The second kappa shape index (κ2) is 7.77. The Balaban J connectivity index is 1.67. The SMILES string of the molecule is COc1ccc(C(CNC(=O)C2CNC2)N2CCOCC2)cc1. The lowest BCUT2D eigenvalue weighted by atomic mass is 10.0. The number of nitrogens with one attached hydrogen (secondary N) is 2. The fourth-order valence-electron chi connectivity index (χ4n) is 2.99. The van der Waals surface area contributed by atoms with Crippen molar-refractivity contribution in [2.24, 2.45) is 5.92 Å². The summed E-state index contributed by atoms with van der Waals surface area (Å²) in [5.41, 5.74) is 1.19. The molecule has 1 unspecified atom stereocenters. The van der Waals surface area contributed by atoms with Crippen molar-refractivity contribution in [1.82, 2.24) is 15.5 Å². The van der Waals surface area contributed by atoms with Gasteiger partial charge in [0.1, 0.15) is 5.75 Å². The minimum Gasteiger partial charge on any atom is -0.497 e. The first-order valence-corrected chi connectivity index (χ1v) is 8.22. The van der Waals surface area contributed by atoms with Crippen LogP contribution in [-0.4, -0.2) is 63.9 Å². The molecule has 0 bridgehead atoms. The monoisotopic (exact) mass is 319 g/mol. The molecule has 2 fully saturated rings. The van der Waals surface area contributed by atoms with Crippen LogP contribution < -0.4 is 15.4 Å². The van der Waals surface area contributed by atoms with Gasteiger partial charge in [0.2, 0.25) is 5.91 Å². The van der Waals surface area contributed by atoms with Gasteiger partial charge in [-0.1, -0.05) is 12.1 Å². The Morgan fingerprint density at radius 1 is 1.35 bits per heavy atom. The Hall–Kier alpha value is -1.63. The predicted octanol–water partition coefficient (Wildman–Crippen LogP) is 0.404. The quantitative estimate of drug-likeness (QED) is 0.795. The first kappa shape index (κ1) is 16.2. The van der Waals surface area contributed by atoms with Gasteiger partial charge in [-0.05, 0) is 17.7 Å². The molecule has 1 aromatic carbocycles. The molecule has 6 nitrogen and oxygen atoms in total. The molecule has 2 heterocycles. The number of hydrogen-bond donors (Lipinski definition) is 2. The van der Waals surface area contributed by atoms with Crippen molar-refractivity contribution in [3.05, 3.63) is 29.8 Å². The number of carbonyl (C=O) groups is 1. The number of morpholine rings is 1. The van der Waals surface area contributed by atoms with E-state index in [-0.39, 0.29) is 17.9 Å². The molecular weight excluding hydrogens is 294 g/mol. The Morgan fingerprint density at radius 3 is 2.61 bits per heavy atom. The fraction of sp³-hybridized carbons (Fsp3) is 0.588. The molecule has 0 spiro atoms. The lowest BCUT2D eigenvalue weighted by Gasteiger charge is -2.35. The Bertz CT molecular complexity index is 510.